The summed E-state index contributed by atoms with van der Waals surface area (Å²) in [6, 6.07) is 12.7. The maximum atomic E-state index is 4.23. The third-order valence-corrected chi connectivity index (χ3v) is 3.51. The van der Waals surface area contributed by atoms with Crippen molar-refractivity contribution < 1.29 is 0 Å². The smallest absolute Gasteiger partial charge is 0.0958 e. The molecule has 0 fully saturated rings. The number of hydrogen-bond donors (Lipinski definition) is 0. The number of fused-ring (bicyclic) bond motifs is 1. The van der Waals surface area contributed by atoms with E-state index in [9.17, 15) is 0 Å². The Morgan fingerprint density at radius 3 is 2.37 bits per heavy atom. The predicted molar refractivity (Wildman–Crippen MR) is 79.9 cm³/mol. The minimum absolute atomic E-state index is 0.104. The average molecular weight is 253 g/mol. The van der Waals surface area contributed by atoms with Gasteiger partial charge in [-0.05, 0) is 45.0 Å². The SMILES string of the molecule is CC(C)(C)N1CN(c2cccnc2)c2ccccc21. The molecule has 0 radical (unpaired) electrons. The Hall–Kier alpha value is -2.03. The molecule has 0 atom stereocenters. The van der Waals surface area contributed by atoms with Crippen molar-refractivity contribution in [2.24, 2.45) is 0 Å². The van der Waals surface area contributed by atoms with Gasteiger partial charge in [0.25, 0.3) is 0 Å². The number of pyridine rings is 1. The number of aromatic nitrogens is 1. The summed E-state index contributed by atoms with van der Waals surface area (Å²) in [5.74, 6) is 0. The van der Waals surface area contributed by atoms with Crippen molar-refractivity contribution in [2.45, 2.75) is 26.3 Å². The number of nitrogens with zero attached hydrogens (tertiary/aromatic N) is 3. The Bertz CT molecular complexity index is 572. The number of hydrogen-bond acceptors (Lipinski definition) is 3. The zero-order valence-electron chi connectivity index (χ0n) is 11.7. The summed E-state index contributed by atoms with van der Waals surface area (Å²) >= 11 is 0. The lowest BCUT2D eigenvalue weighted by Gasteiger charge is -2.34. The van der Waals surface area contributed by atoms with Gasteiger partial charge in [-0.2, -0.15) is 0 Å². The molecule has 2 aromatic rings. The molecule has 0 bridgehead atoms. The van der Waals surface area contributed by atoms with Crippen LogP contribution in [0, 0.1) is 0 Å². The third kappa shape index (κ3) is 2.05. The maximum Gasteiger partial charge on any atom is 0.0958 e. The fraction of sp³-hybridized carbons (Fsp3) is 0.312. The van der Waals surface area contributed by atoms with Crippen molar-refractivity contribution in [3.05, 3.63) is 48.8 Å². The van der Waals surface area contributed by atoms with Gasteiger partial charge in [-0.15, -0.1) is 0 Å². The fourth-order valence-corrected chi connectivity index (χ4v) is 2.52. The van der Waals surface area contributed by atoms with Gasteiger partial charge in [-0.25, -0.2) is 0 Å². The van der Waals surface area contributed by atoms with Crippen LogP contribution < -0.4 is 9.80 Å². The molecule has 1 aromatic heterocycles. The Balaban J connectivity index is 2.07. The highest BCUT2D eigenvalue weighted by Gasteiger charge is 2.33. The van der Waals surface area contributed by atoms with Crippen molar-refractivity contribution in [2.75, 3.05) is 16.5 Å². The number of benzene rings is 1. The fourth-order valence-electron chi connectivity index (χ4n) is 2.52. The summed E-state index contributed by atoms with van der Waals surface area (Å²) in [5.41, 5.74) is 3.79. The molecule has 3 rings (SSSR count). The molecule has 1 aromatic carbocycles. The second kappa shape index (κ2) is 4.26. The molecule has 98 valence electrons. The molecule has 0 spiro atoms. The maximum absolute atomic E-state index is 4.23. The van der Waals surface area contributed by atoms with Crippen LogP contribution in [0.25, 0.3) is 0 Å². The van der Waals surface area contributed by atoms with E-state index in [0.29, 0.717) is 0 Å². The number of anilines is 3. The van der Waals surface area contributed by atoms with Crippen LogP contribution in [0.3, 0.4) is 0 Å². The topological polar surface area (TPSA) is 19.4 Å². The zero-order valence-corrected chi connectivity index (χ0v) is 11.7. The van der Waals surface area contributed by atoms with Crippen molar-refractivity contribution in [3.8, 4) is 0 Å². The van der Waals surface area contributed by atoms with E-state index < -0.39 is 0 Å². The summed E-state index contributed by atoms with van der Waals surface area (Å²) in [6.07, 6.45) is 3.73. The van der Waals surface area contributed by atoms with E-state index in [4.69, 9.17) is 0 Å². The lowest BCUT2D eigenvalue weighted by molar-refractivity contribution is 0.518. The molecule has 19 heavy (non-hydrogen) atoms. The molecule has 0 unspecified atom stereocenters. The van der Waals surface area contributed by atoms with Crippen molar-refractivity contribution >= 4 is 17.1 Å². The first-order chi connectivity index (χ1) is 9.07. The van der Waals surface area contributed by atoms with Gasteiger partial charge in [0, 0.05) is 11.7 Å². The van der Waals surface area contributed by atoms with E-state index in [1.807, 2.05) is 18.5 Å². The Labute approximate surface area is 114 Å². The molecule has 0 amide bonds. The largest absolute Gasteiger partial charge is 0.347 e. The van der Waals surface area contributed by atoms with E-state index in [1.54, 1.807) is 0 Å². The summed E-state index contributed by atoms with van der Waals surface area (Å²) in [6.45, 7) is 7.61. The van der Waals surface area contributed by atoms with Gasteiger partial charge in [0.1, 0.15) is 0 Å². The van der Waals surface area contributed by atoms with Crippen LogP contribution in [0.5, 0.6) is 0 Å². The van der Waals surface area contributed by atoms with E-state index >= 15 is 0 Å². The summed E-state index contributed by atoms with van der Waals surface area (Å²) in [5, 5.41) is 0. The van der Waals surface area contributed by atoms with Gasteiger partial charge in [0.15, 0.2) is 0 Å². The van der Waals surface area contributed by atoms with Crippen LogP contribution in [0.1, 0.15) is 20.8 Å². The second-order valence-electron chi connectivity index (χ2n) is 5.87. The first kappa shape index (κ1) is 12.0. The number of rotatable bonds is 1. The minimum atomic E-state index is 0.104. The summed E-state index contributed by atoms with van der Waals surface area (Å²) < 4.78 is 0. The van der Waals surface area contributed by atoms with Crippen LogP contribution in [0.15, 0.2) is 48.8 Å². The van der Waals surface area contributed by atoms with Gasteiger partial charge >= 0.3 is 0 Å². The van der Waals surface area contributed by atoms with Crippen LogP contribution in [-0.2, 0) is 0 Å². The molecule has 2 heterocycles. The molecule has 3 heteroatoms. The normalized spacial score (nSPS) is 14.7. The quantitative estimate of drug-likeness (QED) is 0.770. The first-order valence-electron chi connectivity index (χ1n) is 6.61. The molecule has 1 aliphatic heterocycles. The van der Waals surface area contributed by atoms with E-state index in [-0.39, 0.29) is 5.54 Å². The number of para-hydroxylation sites is 2. The standard InChI is InChI=1S/C16H19N3/c1-16(2,3)19-12-18(13-7-6-10-17-11-13)14-8-4-5-9-15(14)19/h4-11H,12H2,1-3H3. The zero-order chi connectivity index (χ0) is 13.5. The van der Waals surface area contributed by atoms with Crippen molar-refractivity contribution in [1.29, 1.82) is 0 Å². The summed E-state index contributed by atoms with van der Waals surface area (Å²) in [4.78, 5) is 8.97. The third-order valence-electron chi connectivity index (χ3n) is 3.51. The molecule has 0 saturated heterocycles. The highest BCUT2D eigenvalue weighted by atomic mass is 15.4. The molecular formula is C16H19N3. The Morgan fingerprint density at radius 1 is 1.00 bits per heavy atom. The van der Waals surface area contributed by atoms with Crippen LogP contribution >= 0.6 is 0 Å². The summed E-state index contributed by atoms with van der Waals surface area (Å²) in [7, 11) is 0. The highest BCUT2D eigenvalue weighted by Crippen LogP contribution is 2.42. The van der Waals surface area contributed by atoms with Crippen LogP contribution in [-0.4, -0.2) is 17.2 Å². The van der Waals surface area contributed by atoms with Gasteiger partial charge in [0.05, 0.1) is 29.9 Å². The van der Waals surface area contributed by atoms with Crippen LogP contribution in [0.2, 0.25) is 0 Å². The second-order valence-corrected chi connectivity index (χ2v) is 5.87. The van der Waals surface area contributed by atoms with E-state index in [1.165, 1.54) is 11.4 Å². The molecule has 0 aliphatic carbocycles. The molecule has 1 aliphatic rings. The van der Waals surface area contributed by atoms with Crippen molar-refractivity contribution in [3.63, 3.8) is 0 Å². The lowest BCUT2D eigenvalue weighted by Crippen LogP contribution is -2.42. The van der Waals surface area contributed by atoms with Gasteiger partial charge in [-0.1, -0.05) is 12.1 Å². The lowest BCUT2D eigenvalue weighted by atomic mass is 10.1. The van der Waals surface area contributed by atoms with Gasteiger partial charge in [-0.3, -0.25) is 4.98 Å². The molecule has 3 nitrogen and oxygen atoms in total. The predicted octanol–water partition coefficient (Wildman–Crippen LogP) is 3.80. The Kier molecular flexibility index (Phi) is 2.70. The Morgan fingerprint density at radius 2 is 1.74 bits per heavy atom. The average Bonchev–Trinajstić information content (AvgIpc) is 2.79. The first-order valence-corrected chi connectivity index (χ1v) is 6.61. The molecule has 0 saturated carbocycles. The van der Waals surface area contributed by atoms with Gasteiger partial charge < -0.3 is 9.80 Å². The molecular weight excluding hydrogens is 234 g/mol. The van der Waals surface area contributed by atoms with Gasteiger partial charge in [0.2, 0.25) is 0 Å². The van der Waals surface area contributed by atoms with Crippen molar-refractivity contribution in [1.82, 2.24) is 4.98 Å². The van der Waals surface area contributed by atoms with Crippen LogP contribution in [0.4, 0.5) is 17.1 Å². The highest BCUT2D eigenvalue weighted by molar-refractivity contribution is 5.82. The van der Waals surface area contributed by atoms with E-state index in [2.05, 4.69) is 65.9 Å². The van der Waals surface area contributed by atoms with E-state index in [0.717, 1.165) is 12.4 Å². The monoisotopic (exact) mass is 253 g/mol. The minimum Gasteiger partial charge on any atom is -0.347 e. The molecule has 0 N–H and O–H groups in total.